The van der Waals surface area contributed by atoms with E-state index in [1.165, 1.54) is 11.3 Å². The summed E-state index contributed by atoms with van der Waals surface area (Å²) in [5.74, 6) is 0.606. The molecule has 4 aromatic rings. The van der Waals surface area contributed by atoms with Crippen molar-refractivity contribution in [3.63, 3.8) is 0 Å². The van der Waals surface area contributed by atoms with Gasteiger partial charge in [-0.15, -0.1) is 11.3 Å². The third-order valence-corrected chi connectivity index (χ3v) is 5.28. The van der Waals surface area contributed by atoms with Crippen LogP contribution in [0, 0.1) is 0 Å². The summed E-state index contributed by atoms with van der Waals surface area (Å²) < 4.78 is 1.78. The Morgan fingerprint density at radius 2 is 2.04 bits per heavy atom. The molecular weight excluding hydrogens is 394 g/mol. The molecule has 0 radical (unpaired) electrons. The van der Waals surface area contributed by atoms with Gasteiger partial charge in [-0.05, 0) is 44.2 Å². The second kappa shape index (κ2) is 7.61. The first kappa shape index (κ1) is 18.5. The molecule has 142 valence electrons. The SMILES string of the molecule is CC(C)NC(=O)c1cc(-n2ncc3nc(Nc4ccccc4Cl)ccc32)cs1. The molecule has 0 aliphatic heterocycles. The van der Waals surface area contributed by atoms with Crippen molar-refractivity contribution in [3.8, 4) is 5.69 Å². The number of nitrogens with one attached hydrogen (secondary N) is 2. The Kier molecular flexibility index (Phi) is 5.02. The highest BCUT2D eigenvalue weighted by atomic mass is 35.5. The Morgan fingerprint density at radius 3 is 2.82 bits per heavy atom. The van der Waals surface area contributed by atoms with Crippen LogP contribution >= 0.6 is 22.9 Å². The zero-order valence-electron chi connectivity index (χ0n) is 15.3. The average molecular weight is 412 g/mol. The molecule has 0 saturated carbocycles. The molecule has 0 aliphatic rings. The molecule has 28 heavy (non-hydrogen) atoms. The number of nitrogens with zero attached hydrogens (tertiary/aromatic N) is 3. The van der Waals surface area contributed by atoms with Crippen LogP contribution in [0.1, 0.15) is 23.5 Å². The van der Waals surface area contributed by atoms with E-state index in [2.05, 4.69) is 20.7 Å². The van der Waals surface area contributed by atoms with Crippen LogP contribution in [0.5, 0.6) is 0 Å². The second-order valence-electron chi connectivity index (χ2n) is 6.56. The van der Waals surface area contributed by atoms with Gasteiger partial charge in [0.2, 0.25) is 0 Å². The summed E-state index contributed by atoms with van der Waals surface area (Å²) in [7, 11) is 0. The first-order chi connectivity index (χ1) is 13.5. The van der Waals surface area contributed by atoms with Crippen molar-refractivity contribution < 1.29 is 4.79 Å². The van der Waals surface area contributed by atoms with E-state index < -0.39 is 0 Å². The number of amides is 1. The van der Waals surface area contributed by atoms with E-state index in [-0.39, 0.29) is 11.9 Å². The van der Waals surface area contributed by atoms with E-state index in [1.807, 2.05) is 61.7 Å². The molecule has 0 fully saturated rings. The molecule has 0 aliphatic carbocycles. The van der Waals surface area contributed by atoms with E-state index >= 15 is 0 Å². The minimum atomic E-state index is -0.0768. The van der Waals surface area contributed by atoms with Gasteiger partial charge in [-0.1, -0.05) is 23.7 Å². The minimum Gasteiger partial charge on any atom is -0.349 e. The number of rotatable bonds is 5. The summed E-state index contributed by atoms with van der Waals surface area (Å²) in [6.45, 7) is 3.88. The fraction of sp³-hybridized carbons (Fsp3) is 0.150. The molecule has 8 heteroatoms. The molecule has 3 heterocycles. The second-order valence-corrected chi connectivity index (χ2v) is 7.88. The first-order valence-corrected chi connectivity index (χ1v) is 10.0. The summed E-state index contributed by atoms with van der Waals surface area (Å²) in [4.78, 5) is 17.4. The van der Waals surface area contributed by atoms with Crippen LogP contribution in [-0.2, 0) is 0 Å². The minimum absolute atomic E-state index is 0.0768. The number of fused-ring (bicyclic) bond motifs is 1. The summed E-state index contributed by atoms with van der Waals surface area (Å²) in [5.41, 5.74) is 3.24. The summed E-state index contributed by atoms with van der Waals surface area (Å²) in [5, 5.41) is 13.1. The maximum absolute atomic E-state index is 12.2. The smallest absolute Gasteiger partial charge is 0.261 e. The third kappa shape index (κ3) is 3.72. The zero-order valence-corrected chi connectivity index (χ0v) is 16.9. The fourth-order valence-corrected chi connectivity index (χ4v) is 3.74. The number of thiophene rings is 1. The maximum atomic E-state index is 12.2. The van der Waals surface area contributed by atoms with Crippen molar-refractivity contribution >= 4 is 51.4 Å². The zero-order chi connectivity index (χ0) is 19.7. The Hall–Kier alpha value is -2.90. The Labute approximate surface area is 171 Å². The quantitative estimate of drug-likeness (QED) is 0.483. The van der Waals surface area contributed by atoms with Crippen molar-refractivity contribution in [1.29, 1.82) is 0 Å². The highest BCUT2D eigenvalue weighted by molar-refractivity contribution is 7.12. The summed E-state index contributed by atoms with van der Waals surface area (Å²) >= 11 is 7.59. The molecule has 1 aromatic carbocycles. The lowest BCUT2D eigenvalue weighted by Gasteiger charge is -2.07. The fourth-order valence-electron chi connectivity index (χ4n) is 2.78. The van der Waals surface area contributed by atoms with Gasteiger partial charge in [-0.2, -0.15) is 5.10 Å². The highest BCUT2D eigenvalue weighted by Gasteiger charge is 2.14. The van der Waals surface area contributed by atoms with Gasteiger partial charge in [-0.3, -0.25) is 4.79 Å². The summed E-state index contributed by atoms with van der Waals surface area (Å²) in [6, 6.07) is 13.3. The maximum Gasteiger partial charge on any atom is 0.261 e. The van der Waals surface area contributed by atoms with Crippen LogP contribution in [0.15, 0.2) is 54.0 Å². The predicted octanol–water partition coefficient (Wildman–Crippen LogP) is 5.02. The molecule has 0 atom stereocenters. The highest BCUT2D eigenvalue weighted by Crippen LogP contribution is 2.26. The molecule has 2 N–H and O–H groups in total. The van der Waals surface area contributed by atoms with Gasteiger partial charge in [0, 0.05) is 11.4 Å². The van der Waals surface area contributed by atoms with Crippen molar-refractivity contribution in [3.05, 3.63) is 63.9 Å². The molecular formula is C20H18ClN5OS. The van der Waals surface area contributed by atoms with Gasteiger partial charge >= 0.3 is 0 Å². The molecule has 1 amide bonds. The van der Waals surface area contributed by atoms with Gasteiger partial charge in [0.25, 0.3) is 5.91 Å². The third-order valence-electron chi connectivity index (χ3n) is 4.04. The largest absolute Gasteiger partial charge is 0.349 e. The Bertz CT molecular complexity index is 1150. The van der Waals surface area contributed by atoms with Crippen LogP contribution in [0.2, 0.25) is 5.02 Å². The number of halogens is 1. The lowest BCUT2D eigenvalue weighted by molar-refractivity contribution is 0.0947. The molecule has 3 aromatic heterocycles. The molecule has 6 nitrogen and oxygen atoms in total. The van der Waals surface area contributed by atoms with Gasteiger partial charge in [0.1, 0.15) is 11.3 Å². The normalized spacial score (nSPS) is 11.1. The van der Waals surface area contributed by atoms with Crippen LogP contribution in [0.4, 0.5) is 11.5 Å². The topological polar surface area (TPSA) is 71.8 Å². The molecule has 0 spiro atoms. The average Bonchev–Trinajstić information content (AvgIpc) is 3.29. The van der Waals surface area contributed by atoms with Crippen LogP contribution in [-0.4, -0.2) is 26.7 Å². The van der Waals surface area contributed by atoms with Gasteiger partial charge in [0.05, 0.1) is 33.0 Å². The molecule has 4 rings (SSSR count). The lowest BCUT2D eigenvalue weighted by atomic mass is 10.3. The number of pyridine rings is 1. The van der Waals surface area contributed by atoms with Gasteiger partial charge in [-0.25, -0.2) is 9.67 Å². The Balaban J connectivity index is 1.61. The first-order valence-electron chi connectivity index (χ1n) is 8.77. The van der Waals surface area contributed by atoms with E-state index in [1.54, 1.807) is 10.9 Å². The van der Waals surface area contributed by atoms with E-state index in [9.17, 15) is 4.79 Å². The van der Waals surface area contributed by atoms with Crippen molar-refractivity contribution in [2.24, 2.45) is 0 Å². The number of para-hydroxylation sites is 1. The van der Waals surface area contributed by atoms with Crippen LogP contribution < -0.4 is 10.6 Å². The van der Waals surface area contributed by atoms with Crippen LogP contribution in [0.3, 0.4) is 0 Å². The van der Waals surface area contributed by atoms with Crippen LogP contribution in [0.25, 0.3) is 16.7 Å². The van der Waals surface area contributed by atoms with Crippen molar-refractivity contribution in [2.75, 3.05) is 5.32 Å². The monoisotopic (exact) mass is 411 g/mol. The number of anilines is 2. The molecule has 0 saturated heterocycles. The van der Waals surface area contributed by atoms with Crippen molar-refractivity contribution in [1.82, 2.24) is 20.1 Å². The number of hydrogen-bond donors (Lipinski definition) is 2. The van der Waals surface area contributed by atoms with Crippen molar-refractivity contribution in [2.45, 2.75) is 19.9 Å². The number of carbonyl (C=O) groups excluding carboxylic acids is 1. The standard InChI is InChI=1S/C20H18ClN5OS/c1-12(2)23-20(27)18-9-13(11-28-18)26-17-7-8-19(25-16(17)10-22-26)24-15-6-4-3-5-14(15)21/h3-12H,1-2H3,(H,23,27)(H,24,25). The summed E-state index contributed by atoms with van der Waals surface area (Å²) in [6.07, 6.45) is 1.71. The molecule has 0 unspecified atom stereocenters. The number of aromatic nitrogens is 3. The predicted molar refractivity (Wildman–Crippen MR) is 114 cm³/mol. The Morgan fingerprint density at radius 1 is 1.21 bits per heavy atom. The van der Waals surface area contributed by atoms with Gasteiger partial charge < -0.3 is 10.6 Å². The lowest BCUT2D eigenvalue weighted by Crippen LogP contribution is -2.29. The number of hydrogen-bond acceptors (Lipinski definition) is 5. The van der Waals surface area contributed by atoms with E-state index in [0.29, 0.717) is 15.7 Å². The molecule has 0 bridgehead atoms. The van der Waals surface area contributed by atoms with E-state index in [0.717, 1.165) is 22.4 Å². The van der Waals surface area contributed by atoms with E-state index in [4.69, 9.17) is 11.6 Å². The number of carbonyl (C=O) groups is 1. The number of benzene rings is 1. The van der Waals surface area contributed by atoms with Gasteiger partial charge in [0.15, 0.2) is 0 Å².